The minimum atomic E-state index is -4.81. The van der Waals surface area contributed by atoms with Crippen molar-refractivity contribution in [1.82, 2.24) is 10.0 Å². The lowest BCUT2D eigenvalue weighted by Gasteiger charge is -2.57. The highest BCUT2D eigenvalue weighted by molar-refractivity contribution is 7.89. The first-order chi connectivity index (χ1) is 13.5. The minimum absolute atomic E-state index is 0.296. The molecule has 9 heteroatoms. The molecule has 1 aromatic rings. The van der Waals surface area contributed by atoms with E-state index >= 15 is 0 Å². The average Bonchev–Trinajstić information content (AvgIpc) is 2.59. The van der Waals surface area contributed by atoms with Gasteiger partial charge in [0.15, 0.2) is 0 Å². The van der Waals surface area contributed by atoms with Crippen LogP contribution in [0.5, 0.6) is 0 Å². The zero-order valence-corrected chi connectivity index (χ0v) is 16.9. The Hall–Kier alpha value is -1.61. The summed E-state index contributed by atoms with van der Waals surface area (Å²) in [6.07, 6.45) is 1.50. The number of nitrogens with one attached hydrogen (secondary N) is 2. The third-order valence-corrected chi connectivity index (χ3v) is 8.23. The van der Waals surface area contributed by atoms with E-state index < -0.39 is 38.6 Å². The highest BCUT2D eigenvalue weighted by Gasteiger charge is 2.51. The molecule has 5 rings (SSSR count). The van der Waals surface area contributed by atoms with Gasteiger partial charge in [-0.3, -0.25) is 4.79 Å². The van der Waals surface area contributed by atoms with Gasteiger partial charge in [0, 0.05) is 5.54 Å². The summed E-state index contributed by atoms with van der Waals surface area (Å²) in [5.74, 6) is 1.33. The quantitative estimate of drug-likeness (QED) is 0.751. The van der Waals surface area contributed by atoms with Gasteiger partial charge >= 0.3 is 6.18 Å². The fourth-order valence-corrected chi connectivity index (χ4v) is 7.35. The Bertz CT molecular complexity index is 879. The smallest absolute Gasteiger partial charge is 0.349 e. The first-order valence-corrected chi connectivity index (χ1v) is 11.5. The number of halogens is 3. The molecule has 2 N–H and O–H groups in total. The van der Waals surface area contributed by atoms with Crippen molar-refractivity contribution in [2.24, 2.45) is 17.8 Å². The van der Waals surface area contributed by atoms with E-state index in [1.165, 1.54) is 32.3 Å². The van der Waals surface area contributed by atoms with Gasteiger partial charge in [-0.25, -0.2) is 8.42 Å². The van der Waals surface area contributed by atoms with Gasteiger partial charge in [-0.2, -0.15) is 17.9 Å². The molecule has 0 saturated heterocycles. The fraction of sp³-hybridized carbons (Fsp3) is 0.650. The predicted octanol–water partition coefficient (Wildman–Crippen LogP) is 3.46. The van der Waals surface area contributed by atoms with Crippen LogP contribution in [0, 0.1) is 17.8 Å². The van der Waals surface area contributed by atoms with Crippen molar-refractivity contribution in [3.8, 4) is 0 Å². The van der Waals surface area contributed by atoms with Gasteiger partial charge in [0.1, 0.15) is 0 Å². The number of rotatable bonds is 5. The lowest BCUT2D eigenvalue weighted by molar-refractivity contribution is -0.139. The molecule has 0 spiro atoms. The van der Waals surface area contributed by atoms with E-state index in [4.69, 9.17) is 0 Å². The monoisotopic (exact) mass is 430 g/mol. The van der Waals surface area contributed by atoms with E-state index in [0.29, 0.717) is 17.8 Å². The second-order valence-electron chi connectivity index (χ2n) is 9.02. The number of amides is 1. The van der Waals surface area contributed by atoms with Gasteiger partial charge in [-0.1, -0.05) is 12.1 Å². The summed E-state index contributed by atoms with van der Waals surface area (Å²) >= 11 is 0. The number of benzene rings is 1. The van der Waals surface area contributed by atoms with E-state index in [1.54, 1.807) is 0 Å². The van der Waals surface area contributed by atoms with Crippen molar-refractivity contribution >= 4 is 15.9 Å². The van der Waals surface area contributed by atoms with Crippen LogP contribution in [-0.2, 0) is 21.0 Å². The van der Waals surface area contributed by atoms with Crippen molar-refractivity contribution in [2.45, 2.75) is 68.1 Å². The van der Waals surface area contributed by atoms with Gasteiger partial charge < -0.3 is 5.32 Å². The Morgan fingerprint density at radius 1 is 1.07 bits per heavy atom. The summed E-state index contributed by atoms with van der Waals surface area (Å²) in [7, 11) is -4.52. The van der Waals surface area contributed by atoms with Crippen LogP contribution in [-0.4, -0.2) is 25.9 Å². The van der Waals surface area contributed by atoms with Crippen molar-refractivity contribution in [2.75, 3.05) is 0 Å². The first-order valence-electron chi connectivity index (χ1n) is 9.98. The summed E-state index contributed by atoms with van der Waals surface area (Å²) < 4.78 is 66.9. The Morgan fingerprint density at radius 3 is 2.10 bits per heavy atom. The molecule has 4 bridgehead atoms. The fourth-order valence-electron chi connectivity index (χ4n) is 5.92. The summed E-state index contributed by atoms with van der Waals surface area (Å²) in [6, 6.07) is 2.80. The highest BCUT2D eigenvalue weighted by Crippen LogP contribution is 2.55. The number of sulfonamides is 1. The molecule has 0 aliphatic heterocycles. The van der Waals surface area contributed by atoms with Crippen molar-refractivity contribution < 1.29 is 26.4 Å². The molecule has 29 heavy (non-hydrogen) atoms. The Kier molecular flexibility index (Phi) is 4.97. The second-order valence-corrected chi connectivity index (χ2v) is 10.7. The molecule has 0 heterocycles. The number of hydrogen-bond acceptors (Lipinski definition) is 3. The topological polar surface area (TPSA) is 75.3 Å². The maximum atomic E-state index is 13.2. The zero-order valence-electron chi connectivity index (χ0n) is 16.1. The van der Waals surface area contributed by atoms with Crippen LogP contribution < -0.4 is 10.0 Å². The minimum Gasteiger partial charge on any atom is -0.349 e. The van der Waals surface area contributed by atoms with Crippen LogP contribution in [0.3, 0.4) is 0 Å². The molecule has 4 fully saturated rings. The molecule has 1 atom stereocenters. The summed E-state index contributed by atoms with van der Waals surface area (Å²) in [5, 5.41) is 3.06. The molecule has 160 valence electrons. The summed E-state index contributed by atoms with van der Waals surface area (Å²) in [4.78, 5) is 11.9. The first kappa shape index (κ1) is 20.7. The Morgan fingerprint density at radius 2 is 1.59 bits per heavy atom. The maximum absolute atomic E-state index is 13.2. The molecule has 1 amide bonds. The molecular weight excluding hydrogens is 405 g/mol. The number of carbonyl (C=O) groups excluding carboxylic acids is 1. The van der Waals surface area contributed by atoms with Crippen LogP contribution >= 0.6 is 0 Å². The summed E-state index contributed by atoms with van der Waals surface area (Å²) in [6.45, 7) is 1.36. The van der Waals surface area contributed by atoms with E-state index in [-0.39, 0.29) is 5.54 Å². The largest absolute Gasteiger partial charge is 0.417 e. The third kappa shape index (κ3) is 4.03. The van der Waals surface area contributed by atoms with Crippen LogP contribution in [0.25, 0.3) is 0 Å². The van der Waals surface area contributed by atoms with Crippen molar-refractivity contribution in [3.63, 3.8) is 0 Å². The van der Waals surface area contributed by atoms with Crippen LogP contribution in [0.4, 0.5) is 13.2 Å². The Balaban J connectivity index is 1.48. The number of hydrogen-bond donors (Lipinski definition) is 2. The number of alkyl halides is 3. The molecule has 4 aliphatic carbocycles. The lowest BCUT2D eigenvalue weighted by atomic mass is 9.53. The SMILES string of the molecule is C[C@@H](NS(=O)(=O)c1ccccc1C(F)(F)F)C(=O)NC12CC3CC(CC(C3)C1)C2. The maximum Gasteiger partial charge on any atom is 0.417 e. The summed E-state index contributed by atoms with van der Waals surface area (Å²) in [5.41, 5.74) is -1.55. The van der Waals surface area contributed by atoms with Gasteiger partial charge in [0.05, 0.1) is 16.5 Å². The molecule has 4 aliphatic rings. The second kappa shape index (κ2) is 6.97. The lowest BCUT2D eigenvalue weighted by Crippen LogP contribution is -2.62. The molecule has 0 unspecified atom stereocenters. The van der Waals surface area contributed by atoms with Crippen molar-refractivity contribution in [3.05, 3.63) is 29.8 Å². The highest BCUT2D eigenvalue weighted by atomic mass is 32.2. The van der Waals surface area contributed by atoms with Crippen LogP contribution in [0.15, 0.2) is 29.2 Å². The predicted molar refractivity (Wildman–Crippen MR) is 100 cm³/mol. The van der Waals surface area contributed by atoms with Gasteiger partial charge in [0.25, 0.3) is 0 Å². The molecule has 1 aromatic carbocycles. The molecule has 5 nitrogen and oxygen atoms in total. The molecule has 0 radical (unpaired) electrons. The van der Waals surface area contributed by atoms with E-state index in [2.05, 4.69) is 10.0 Å². The van der Waals surface area contributed by atoms with Gasteiger partial charge in [-0.05, 0) is 75.3 Å². The van der Waals surface area contributed by atoms with E-state index in [1.807, 2.05) is 0 Å². The third-order valence-electron chi connectivity index (χ3n) is 6.63. The number of carbonyl (C=O) groups is 1. The standard InChI is InChI=1S/C20H25F3N2O3S/c1-12(25-29(27,28)17-5-3-2-4-16(17)20(21,22)23)18(26)24-19-9-13-6-14(10-19)8-15(7-13)11-19/h2-5,12-15,25H,6-11H2,1H3,(H,24,26)/t12-,13?,14?,15?,19?/m1/s1. The Labute approximate surface area is 168 Å². The molecular formula is C20H25F3N2O3S. The molecule has 0 aromatic heterocycles. The van der Waals surface area contributed by atoms with E-state index in [9.17, 15) is 26.4 Å². The van der Waals surface area contributed by atoms with Crippen LogP contribution in [0.2, 0.25) is 0 Å². The normalized spacial score (nSPS) is 32.2. The van der Waals surface area contributed by atoms with Crippen molar-refractivity contribution in [1.29, 1.82) is 0 Å². The van der Waals surface area contributed by atoms with Crippen LogP contribution in [0.1, 0.15) is 51.0 Å². The zero-order chi connectivity index (χ0) is 21.0. The van der Waals surface area contributed by atoms with E-state index in [0.717, 1.165) is 37.5 Å². The average molecular weight is 430 g/mol. The van der Waals surface area contributed by atoms with Gasteiger partial charge in [-0.15, -0.1) is 0 Å². The molecule has 4 saturated carbocycles. The van der Waals surface area contributed by atoms with Gasteiger partial charge in [0.2, 0.25) is 15.9 Å².